The van der Waals surface area contributed by atoms with Crippen LogP contribution in [0.4, 0.5) is 5.13 Å². The molecule has 0 aromatic carbocycles. The van der Waals surface area contributed by atoms with Crippen LogP contribution >= 0.6 is 22.7 Å². The molecule has 1 aliphatic rings. The lowest BCUT2D eigenvalue weighted by molar-refractivity contribution is 0.696. The molecular weight excluding hydrogens is 248 g/mol. The Kier molecular flexibility index (Phi) is 3.16. The van der Waals surface area contributed by atoms with Crippen molar-refractivity contribution in [2.45, 2.75) is 38.6 Å². The number of nitrogens with zero attached hydrogens (tertiary/aromatic N) is 1. The van der Waals surface area contributed by atoms with Gasteiger partial charge in [0.1, 0.15) is 0 Å². The Labute approximate surface area is 110 Å². The molecule has 0 aliphatic heterocycles. The minimum absolute atomic E-state index is 0.372. The van der Waals surface area contributed by atoms with E-state index < -0.39 is 0 Å². The lowest BCUT2D eigenvalue weighted by Crippen LogP contribution is -2.04. The van der Waals surface area contributed by atoms with Crippen molar-refractivity contribution in [3.63, 3.8) is 0 Å². The first kappa shape index (κ1) is 11.2. The monoisotopic (exact) mass is 264 g/mol. The van der Waals surface area contributed by atoms with Crippen LogP contribution in [0, 0.1) is 0 Å². The minimum atomic E-state index is 0.372. The van der Waals surface area contributed by atoms with Crippen LogP contribution in [0.5, 0.6) is 0 Å². The van der Waals surface area contributed by atoms with E-state index in [1.54, 1.807) is 21.8 Å². The smallest absolute Gasteiger partial charge is 0.183 e. The molecule has 1 atom stereocenters. The van der Waals surface area contributed by atoms with Gasteiger partial charge in [0.15, 0.2) is 5.13 Å². The summed E-state index contributed by atoms with van der Waals surface area (Å²) in [5.41, 5.74) is 1.59. The molecule has 1 unspecified atom stereocenters. The molecule has 2 heterocycles. The minimum Gasteiger partial charge on any atom is -0.354 e. The summed E-state index contributed by atoms with van der Waals surface area (Å²) in [5.74, 6) is 0. The highest BCUT2D eigenvalue weighted by Crippen LogP contribution is 2.34. The SMILES string of the molecule is CC(Nc1nccs1)c1cc2c(s1)CCCC2. The van der Waals surface area contributed by atoms with Crippen LogP contribution in [0.25, 0.3) is 0 Å². The topological polar surface area (TPSA) is 24.9 Å². The van der Waals surface area contributed by atoms with Crippen LogP contribution in [-0.4, -0.2) is 4.98 Å². The third kappa shape index (κ3) is 2.38. The molecule has 2 aromatic heterocycles. The molecule has 3 rings (SSSR count). The molecule has 0 fully saturated rings. The second-order valence-corrected chi connectivity index (χ2v) is 6.57. The highest BCUT2D eigenvalue weighted by molar-refractivity contribution is 7.13. The van der Waals surface area contributed by atoms with E-state index >= 15 is 0 Å². The van der Waals surface area contributed by atoms with E-state index in [-0.39, 0.29) is 0 Å². The number of thiophene rings is 1. The maximum atomic E-state index is 4.28. The van der Waals surface area contributed by atoms with Gasteiger partial charge in [-0.2, -0.15) is 0 Å². The fraction of sp³-hybridized carbons (Fsp3) is 0.462. The van der Waals surface area contributed by atoms with Gasteiger partial charge in [-0.05, 0) is 44.2 Å². The Morgan fingerprint density at radius 1 is 1.35 bits per heavy atom. The molecule has 2 aromatic rings. The Balaban J connectivity index is 1.77. The second kappa shape index (κ2) is 4.78. The van der Waals surface area contributed by atoms with E-state index in [0.29, 0.717) is 6.04 Å². The predicted molar refractivity (Wildman–Crippen MR) is 75.1 cm³/mol. The summed E-state index contributed by atoms with van der Waals surface area (Å²) in [5, 5.41) is 6.49. The van der Waals surface area contributed by atoms with Crippen LogP contribution in [0.15, 0.2) is 17.6 Å². The van der Waals surface area contributed by atoms with Gasteiger partial charge in [0, 0.05) is 21.3 Å². The van der Waals surface area contributed by atoms with Gasteiger partial charge >= 0.3 is 0 Å². The van der Waals surface area contributed by atoms with Crippen LogP contribution in [0.2, 0.25) is 0 Å². The molecule has 4 heteroatoms. The summed E-state index contributed by atoms with van der Waals surface area (Å²) in [6.07, 6.45) is 7.12. The first-order valence-corrected chi connectivity index (χ1v) is 7.80. The molecule has 2 nitrogen and oxygen atoms in total. The van der Waals surface area contributed by atoms with Crippen LogP contribution in [-0.2, 0) is 12.8 Å². The Morgan fingerprint density at radius 3 is 3.00 bits per heavy atom. The van der Waals surface area contributed by atoms with Gasteiger partial charge in [-0.15, -0.1) is 22.7 Å². The van der Waals surface area contributed by atoms with Crippen molar-refractivity contribution >= 4 is 27.8 Å². The number of aromatic nitrogens is 1. The molecular formula is C13H16N2S2. The number of hydrogen-bond acceptors (Lipinski definition) is 4. The van der Waals surface area contributed by atoms with Crippen molar-refractivity contribution in [1.82, 2.24) is 4.98 Å². The fourth-order valence-electron chi connectivity index (χ4n) is 2.28. The first-order chi connectivity index (χ1) is 8.33. The maximum absolute atomic E-state index is 4.28. The summed E-state index contributed by atoms with van der Waals surface area (Å²) in [6, 6.07) is 2.77. The van der Waals surface area contributed by atoms with Gasteiger partial charge in [-0.1, -0.05) is 0 Å². The van der Waals surface area contributed by atoms with Crippen molar-refractivity contribution in [2.24, 2.45) is 0 Å². The average molecular weight is 264 g/mol. The van der Waals surface area contributed by atoms with E-state index in [0.717, 1.165) is 5.13 Å². The summed E-state index contributed by atoms with van der Waals surface area (Å²) in [7, 11) is 0. The average Bonchev–Trinajstić information content (AvgIpc) is 2.96. The summed E-state index contributed by atoms with van der Waals surface area (Å²) in [4.78, 5) is 7.34. The van der Waals surface area contributed by atoms with Gasteiger partial charge in [0.2, 0.25) is 0 Å². The van der Waals surface area contributed by atoms with E-state index in [9.17, 15) is 0 Å². The largest absolute Gasteiger partial charge is 0.354 e. The number of hydrogen-bond donors (Lipinski definition) is 1. The number of thiazole rings is 1. The zero-order valence-electron chi connectivity index (χ0n) is 9.90. The highest BCUT2D eigenvalue weighted by Gasteiger charge is 2.16. The fourth-order valence-corrected chi connectivity index (χ4v) is 4.16. The van der Waals surface area contributed by atoms with Crippen molar-refractivity contribution in [3.8, 4) is 0 Å². The second-order valence-electron chi connectivity index (χ2n) is 4.51. The van der Waals surface area contributed by atoms with Gasteiger partial charge in [0.25, 0.3) is 0 Å². The standard InChI is InChI=1S/C13H16N2S2/c1-9(15-13-14-6-7-16-13)12-8-10-4-2-3-5-11(10)17-12/h6-9H,2-5H2,1H3,(H,14,15). The lowest BCUT2D eigenvalue weighted by Gasteiger charge is -2.10. The molecule has 0 radical (unpaired) electrons. The van der Waals surface area contributed by atoms with Crippen molar-refractivity contribution < 1.29 is 0 Å². The molecule has 1 N–H and O–H groups in total. The summed E-state index contributed by atoms with van der Waals surface area (Å²) < 4.78 is 0. The summed E-state index contributed by atoms with van der Waals surface area (Å²) >= 11 is 3.64. The van der Waals surface area contributed by atoms with E-state index in [1.807, 2.05) is 22.9 Å². The number of nitrogens with one attached hydrogen (secondary N) is 1. The maximum Gasteiger partial charge on any atom is 0.183 e. The highest BCUT2D eigenvalue weighted by atomic mass is 32.1. The zero-order chi connectivity index (χ0) is 11.7. The molecule has 1 aliphatic carbocycles. The molecule has 90 valence electrons. The molecule has 0 spiro atoms. The summed E-state index contributed by atoms with van der Waals surface area (Å²) in [6.45, 7) is 2.22. The molecule has 0 bridgehead atoms. The molecule has 0 saturated heterocycles. The Bertz CT molecular complexity index is 464. The number of anilines is 1. The van der Waals surface area contributed by atoms with Gasteiger partial charge in [-0.3, -0.25) is 0 Å². The quantitative estimate of drug-likeness (QED) is 0.896. The molecule has 0 amide bonds. The Morgan fingerprint density at radius 2 is 2.24 bits per heavy atom. The normalized spacial score (nSPS) is 16.5. The molecule has 0 saturated carbocycles. The number of aryl methyl sites for hydroxylation is 2. The van der Waals surface area contributed by atoms with Crippen LogP contribution in [0.1, 0.15) is 41.1 Å². The van der Waals surface area contributed by atoms with Gasteiger partial charge in [-0.25, -0.2) is 4.98 Å². The predicted octanol–water partition coefficient (Wildman–Crippen LogP) is 4.26. The van der Waals surface area contributed by atoms with Crippen LogP contribution < -0.4 is 5.32 Å². The third-order valence-corrected chi connectivity index (χ3v) is 5.34. The van der Waals surface area contributed by atoms with E-state index in [1.165, 1.54) is 30.6 Å². The zero-order valence-corrected chi connectivity index (χ0v) is 11.5. The molecule has 17 heavy (non-hydrogen) atoms. The van der Waals surface area contributed by atoms with Crippen molar-refractivity contribution in [3.05, 3.63) is 33.0 Å². The Hall–Kier alpha value is -0.870. The van der Waals surface area contributed by atoms with E-state index in [4.69, 9.17) is 0 Å². The van der Waals surface area contributed by atoms with Gasteiger partial charge < -0.3 is 5.32 Å². The van der Waals surface area contributed by atoms with Crippen molar-refractivity contribution in [2.75, 3.05) is 5.32 Å². The van der Waals surface area contributed by atoms with Crippen LogP contribution in [0.3, 0.4) is 0 Å². The van der Waals surface area contributed by atoms with E-state index in [2.05, 4.69) is 23.3 Å². The number of rotatable bonds is 3. The van der Waals surface area contributed by atoms with Crippen molar-refractivity contribution in [1.29, 1.82) is 0 Å². The number of fused-ring (bicyclic) bond motifs is 1. The third-order valence-electron chi connectivity index (χ3n) is 3.21. The lowest BCUT2D eigenvalue weighted by atomic mass is 9.99. The van der Waals surface area contributed by atoms with Gasteiger partial charge in [0.05, 0.1) is 6.04 Å². The first-order valence-electron chi connectivity index (χ1n) is 6.10.